The molecule has 11 nitrogen and oxygen atoms in total. The van der Waals surface area contributed by atoms with E-state index in [1.807, 2.05) is 20.8 Å². The van der Waals surface area contributed by atoms with Crippen LogP contribution >= 0.6 is 11.6 Å². The van der Waals surface area contributed by atoms with Crippen LogP contribution in [-0.2, 0) is 24.8 Å². The number of carbonyl (C=O) groups is 1. The summed E-state index contributed by atoms with van der Waals surface area (Å²) in [6.07, 6.45) is 1.23. The van der Waals surface area contributed by atoms with Crippen molar-refractivity contribution >= 4 is 43.2 Å². The van der Waals surface area contributed by atoms with Crippen molar-refractivity contribution in [1.29, 1.82) is 0 Å². The van der Waals surface area contributed by atoms with E-state index in [2.05, 4.69) is 4.72 Å². The number of amides is 1. The van der Waals surface area contributed by atoms with E-state index in [0.717, 1.165) is 12.0 Å². The minimum absolute atomic E-state index is 0.0166. The predicted octanol–water partition coefficient (Wildman–Crippen LogP) is 5.57. The van der Waals surface area contributed by atoms with Crippen molar-refractivity contribution in [2.45, 2.75) is 75.0 Å². The minimum Gasteiger partial charge on any atom is -0.490 e. The van der Waals surface area contributed by atoms with Crippen LogP contribution < -0.4 is 9.46 Å². The summed E-state index contributed by atoms with van der Waals surface area (Å²) < 4.78 is 69.6. The van der Waals surface area contributed by atoms with Crippen LogP contribution in [0.15, 0.2) is 76.5 Å². The number of aliphatic hydroxyl groups excluding tert-OH is 1. The van der Waals surface area contributed by atoms with Crippen LogP contribution in [0.1, 0.15) is 56.0 Å². The average Bonchev–Trinajstić information content (AvgIpc) is 3.06. The van der Waals surface area contributed by atoms with Crippen molar-refractivity contribution in [3.8, 4) is 5.75 Å². The lowest BCUT2D eigenvalue weighted by Gasteiger charge is -2.35. The Bertz CT molecular complexity index is 1790. The first-order valence-electron chi connectivity index (χ1n) is 16.3. The Morgan fingerprint density at radius 3 is 2.31 bits per heavy atom. The van der Waals surface area contributed by atoms with Crippen LogP contribution in [-0.4, -0.2) is 88.7 Å². The number of rotatable bonds is 9. The number of benzene rings is 3. The van der Waals surface area contributed by atoms with Gasteiger partial charge in [-0.05, 0) is 94.6 Å². The molecule has 0 radical (unpaired) electrons. The second-order valence-electron chi connectivity index (χ2n) is 12.7. The van der Waals surface area contributed by atoms with Gasteiger partial charge in [-0.1, -0.05) is 36.2 Å². The number of anilines is 1. The largest absolute Gasteiger partial charge is 0.490 e. The normalized spacial score (nSPS) is 20.6. The molecule has 3 aromatic carbocycles. The Kier molecular flexibility index (Phi) is 13.1. The summed E-state index contributed by atoms with van der Waals surface area (Å²) in [5.41, 5.74) is 1.21. The molecule has 3 aromatic rings. The molecule has 0 aliphatic carbocycles. The molecule has 0 aromatic heterocycles. The van der Waals surface area contributed by atoms with Crippen molar-refractivity contribution in [2.75, 3.05) is 38.1 Å². The lowest BCUT2D eigenvalue weighted by Crippen LogP contribution is -2.48. The van der Waals surface area contributed by atoms with E-state index < -0.39 is 38.1 Å². The van der Waals surface area contributed by atoms with Crippen LogP contribution in [0.2, 0.25) is 5.02 Å². The molecular weight excluding hydrogens is 690 g/mol. The molecule has 0 saturated heterocycles. The van der Waals surface area contributed by atoms with Gasteiger partial charge in [0, 0.05) is 43.4 Å². The Hall–Kier alpha value is -3.20. The molecule has 49 heavy (non-hydrogen) atoms. The smallest absolute Gasteiger partial charge is 0.261 e. The molecule has 2 N–H and O–H groups in total. The van der Waals surface area contributed by atoms with E-state index >= 15 is 0 Å². The fourth-order valence-corrected chi connectivity index (χ4v) is 7.88. The van der Waals surface area contributed by atoms with Gasteiger partial charge >= 0.3 is 0 Å². The third-order valence-corrected chi connectivity index (χ3v) is 12.1. The number of carbonyl (C=O) groups excluding carboxylic acids is 1. The van der Waals surface area contributed by atoms with Gasteiger partial charge in [-0.15, -0.1) is 0 Å². The quantitative estimate of drug-likeness (QED) is 0.291. The molecular formula is C35H46ClN3O8S2. The van der Waals surface area contributed by atoms with Crippen molar-refractivity contribution in [2.24, 2.45) is 5.92 Å². The molecule has 268 valence electrons. The van der Waals surface area contributed by atoms with Gasteiger partial charge in [-0.25, -0.2) is 16.8 Å². The lowest BCUT2D eigenvalue weighted by atomic mass is 10.0. The van der Waals surface area contributed by atoms with Crippen molar-refractivity contribution in [1.82, 2.24) is 9.21 Å². The standard InChI is InChI=1S/C35H46ClN3O8S2/c1-24-9-14-30(15-10-24)48(42,43)37-29-13-18-33-32(20-29)35(41)39(26(3)23-40)21-25(2)34(46-19-7-6-8-27(4)47-33)22-38(5)49(44,45)31-16-11-28(36)12-17-31/h9-18,20,25-27,34,37,40H,6-8,19,21-23H2,1-5H3/t25-,26-,27-,34+/m0/s1. The molecule has 14 heteroatoms. The molecule has 0 saturated carbocycles. The van der Waals surface area contributed by atoms with E-state index in [-0.39, 0.29) is 58.5 Å². The first-order chi connectivity index (χ1) is 23.1. The Morgan fingerprint density at radius 2 is 1.65 bits per heavy atom. The number of nitrogens with zero attached hydrogens (tertiary/aromatic N) is 2. The first kappa shape index (κ1) is 38.6. The summed E-state index contributed by atoms with van der Waals surface area (Å²) in [7, 11) is -6.35. The molecule has 1 amide bonds. The van der Waals surface area contributed by atoms with Crippen LogP contribution in [0.5, 0.6) is 5.75 Å². The average molecular weight is 736 g/mol. The number of sulfonamides is 2. The minimum atomic E-state index is -3.96. The van der Waals surface area contributed by atoms with Crippen LogP contribution in [0.25, 0.3) is 0 Å². The molecule has 0 spiro atoms. The summed E-state index contributed by atoms with van der Waals surface area (Å²) >= 11 is 5.98. The predicted molar refractivity (Wildman–Crippen MR) is 190 cm³/mol. The van der Waals surface area contributed by atoms with E-state index in [0.29, 0.717) is 24.5 Å². The fourth-order valence-electron chi connectivity index (χ4n) is 5.52. The summed E-state index contributed by atoms with van der Waals surface area (Å²) in [6, 6.07) is 16.3. The van der Waals surface area contributed by atoms with Crippen LogP contribution in [0.4, 0.5) is 5.69 Å². The zero-order valence-electron chi connectivity index (χ0n) is 28.5. The van der Waals surface area contributed by atoms with Gasteiger partial charge in [0.25, 0.3) is 15.9 Å². The van der Waals surface area contributed by atoms with Crippen LogP contribution in [0, 0.1) is 12.8 Å². The number of hydrogen-bond acceptors (Lipinski definition) is 8. The van der Waals surface area contributed by atoms with Crippen LogP contribution in [0.3, 0.4) is 0 Å². The number of aryl methyl sites for hydroxylation is 1. The number of ether oxygens (including phenoxy) is 2. The highest BCUT2D eigenvalue weighted by molar-refractivity contribution is 7.92. The second-order valence-corrected chi connectivity index (χ2v) is 16.8. The van der Waals surface area contributed by atoms with Gasteiger partial charge in [0.2, 0.25) is 10.0 Å². The van der Waals surface area contributed by atoms with Gasteiger partial charge in [0.05, 0.1) is 40.2 Å². The van der Waals surface area contributed by atoms with Gasteiger partial charge in [0.1, 0.15) is 5.75 Å². The highest BCUT2D eigenvalue weighted by Gasteiger charge is 2.32. The number of fused-ring (bicyclic) bond motifs is 1. The Labute approximate surface area is 295 Å². The molecule has 1 aliphatic rings. The number of hydrogen-bond donors (Lipinski definition) is 2. The van der Waals surface area contributed by atoms with Crippen molar-refractivity contribution < 1.29 is 36.2 Å². The molecule has 0 unspecified atom stereocenters. The van der Waals surface area contributed by atoms with E-state index in [9.17, 15) is 26.7 Å². The highest BCUT2D eigenvalue weighted by atomic mass is 35.5. The second kappa shape index (κ2) is 16.7. The number of likely N-dealkylation sites (N-methyl/N-ethyl adjacent to an activating group) is 1. The van der Waals surface area contributed by atoms with E-state index in [4.69, 9.17) is 21.1 Å². The maximum absolute atomic E-state index is 14.4. The fraction of sp³-hybridized carbons (Fsp3) is 0.457. The summed E-state index contributed by atoms with van der Waals surface area (Å²) in [6.45, 7) is 7.48. The molecule has 4 rings (SSSR count). The molecule has 1 aliphatic heterocycles. The molecule has 4 atom stereocenters. The van der Waals surface area contributed by atoms with Gasteiger partial charge in [0.15, 0.2) is 0 Å². The van der Waals surface area contributed by atoms with Crippen molar-refractivity contribution in [3.05, 3.63) is 82.9 Å². The topological polar surface area (TPSA) is 143 Å². The molecule has 1 heterocycles. The number of halogens is 1. The highest BCUT2D eigenvalue weighted by Crippen LogP contribution is 2.30. The maximum atomic E-state index is 14.4. The lowest BCUT2D eigenvalue weighted by molar-refractivity contribution is -0.00833. The zero-order valence-corrected chi connectivity index (χ0v) is 30.9. The van der Waals surface area contributed by atoms with Crippen molar-refractivity contribution in [3.63, 3.8) is 0 Å². The number of aliphatic hydroxyl groups is 1. The third kappa shape index (κ3) is 9.95. The first-order valence-corrected chi connectivity index (χ1v) is 19.6. The maximum Gasteiger partial charge on any atom is 0.261 e. The summed E-state index contributed by atoms with van der Waals surface area (Å²) in [5, 5.41) is 10.6. The van der Waals surface area contributed by atoms with E-state index in [1.54, 1.807) is 31.2 Å². The van der Waals surface area contributed by atoms with Gasteiger partial charge < -0.3 is 19.5 Å². The summed E-state index contributed by atoms with van der Waals surface area (Å²) in [4.78, 5) is 16.0. The number of nitrogens with one attached hydrogen (secondary N) is 1. The van der Waals surface area contributed by atoms with E-state index in [1.165, 1.54) is 58.7 Å². The SMILES string of the molecule is Cc1ccc(S(=O)(=O)Nc2ccc3c(c2)C(=O)N([C@@H](C)CO)C[C@H](C)[C@@H](CN(C)S(=O)(=O)c2ccc(Cl)cc2)OCCCC[C@H](C)O3)cc1. The Morgan fingerprint density at radius 1 is 1.00 bits per heavy atom. The zero-order chi connectivity index (χ0) is 35.9. The van der Waals surface area contributed by atoms with Gasteiger partial charge in [-0.2, -0.15) is 4.31 Å². The third-order valence-electron chi connectivity index (χ3n) is 8.59. The molecule has 0 bridgehead atoms. The summed E-state index contributed by atoms with van der Waals surface area (Å²) in [5.74, 6) is -0.572. The monoisotopic (exact) mass is 735 g/mol. The Balaban J connectivity index is 1.67. The van der Waals surface area contributed by atoms with Gasteiger partial charge in [-0.3, -0.25) is 9.52 Å². The molecule has 0 fully saturated rings.